The van der Waals surface area contributed by atoms with Gasteiger partial charge in [-0.2, -0.15) is 0 Å². The van der Waals surface area contributed by atoms with Crippen molar-refractivity contribution in [2.75, 3.05) is 65.5 Å². The summed E-state index contributed by atoms with van der Waals surface area (Å²) in [6.07, 6.45) is 3.75. The van der Waals surface area contributed by atoms with Gasteiger partial charge in [-0.05, 0) is 43.5 Å². The highest BCUT2D eigenvalue weighted by Crippen LogP contribution is 2.40. The van der Waals surface area contributed by atoms with Crippen LogP contribution in [0.15, 0.2) is 30.3 Å². The molecule has 1 aromatic heterocycles. The predicted molar refractivity (Wildman–Crippen MR) is 143 cm³/mol. The van der Waals surface area contributed by atoms with Gasteiger partial charge in [-0.3, -0.25) is 9.69 Å². The highest BCUT2D eigenvalue weighted by molar-refractivity contribution is 7.22. The van der Waals surface area contributed by atoms with Crippen molar-refractivity contribution in [2.45, 2.75) is 25.8 Å². The number of carbonyl (C=O) groups is 1. The molecule has 0 spiro atoms. The molecule has 0 atom stereocenters. The highest BCUT2D eigenvalue weighted by atomic mass is 32.1. The van der Waals surface area contributed by atoms with E-state index in [9.17, 15) is 4.79 Å². The van der Waals surface area contributed by atoms with Gasteiger partial charge >= 0.3 is 0 Å². The van der Waals surface area contributed by atoms with E-state index in [4.69, 9.17) is 19.2 Å². The van der Waals surface area contributed by atoms with Crippen molar-refractivity contribution in [2.24, 2.45) is 0 Å². The first-order chi connectivity index (χ1) is 17.6. The molecule has 0 bridgehead atoms. The SMILES string of the molecule is COc1ccc(CN2CCN(C(=O)c3ccc4nc(N5CCCCC5)sc4c3)CC2)c(OC)c1OC. The summed E-state index contributed by atoms with van der Waals surface area (Å²) >= 11 is 1.70. The van der Waals surface area contributed by atoms with Crippen molar-refractivity contribution in [3.8, 4) is 17.2 Å². The summed E-state index contributed by atoms with van der Waals surface area (Å²) < 4.78 is 17.6. The zero-order valence-electron chi connectivity index (χ0n) is 21.3. The lowest BCUT2D eigenvalue weighted by Gasteiger charge is -2.35. The second-order valence-corrected chi connectivity index (χ2v) is 10.3. The number of amides is 1. The molecule has 2 fully saturated rings. The molecule has 36 heavy (non-hydrogen) atoms. The van der Waals surface area contributed by atoms with Gasteiger partial charge in [-0.1, -0.05) is 17.4 Å². The van der Waals surface area contributed by atoms with Crippen LogP contribution in [-0.4, -0.2) is 81.3 Å². The molecule has 5 rings (SSSR count). The maximum atomic E-state index is 13.3. The molecule has 3 heterocycles. The molecule has 0 unspecified atom stereocenters. The molecule has 0 radical (unpaired) electrons. The molecule has 192 valence electrons. The molecule has 1 amide bonds. The minimum atomic E-state index is 0.0909. The van der Waals surface area contributed by atoms with E-state index < -0.39 is 0 Å². The van der Waals surface area contributed by atoms with Crippen LogP contribution in [-0.2, 0) is 6.54 Å². The van der Waals surface area contributed by atoms with E-state index in [0.29, 0.717) is 30.3 Å². The fourth-order valence-corrected chi connectivity index (χ4v) is 6.14. The number of methoxy groups -OCH3 is 3. The summed E-state index contributed by atoms with van der Waals surface area (Å²) in [5.41, 5.74) is 2.76. The Balaban J connectivity index is 1.23. The molecule has 0 aliphatic carbocycles. The number of anilines is 1. The second-order valence-electron chi connectivity index (χ2n) is 9.29. The number of piperidine rings is 1. The Labute approximate surface area is 216 Å². The third-order valence-electron chi connectivity index (χ3n) is 7.09. The van der Waals surface area contributed by atoms with E-state index in [0.717, 1.165) is 59.2 Å². The lowest BCUT2D eigenvalue weighted by Crippen LogP contribution is -2.48. The van der Waals surface area contributed by atoms with Crippen LogP contribution >= 0.6 is 11.3 Å². The van der Waals surface area contributed by atoms with Crippen molar-refractivity contribution >= 4 is 32.6 Å². The molecular formula is C27H34N4O4S. The van der Waals surface area contributed by atoms with Gasteiger partial charge in [0, 0.05) is 56.9 Å². The fourth-order valence-electron chi connectivity index (χ4n) is 5.09. The number of hydrogen-bond donors (Lipinski definition) is 0. The van der Waals surface area contributed by atoms with Crippen LogP contribution in [0.2, 0.25) is 0 Å². The van der Waals surface area contributed by atoms with Gasteiger partial charge in [-0.25, -0.2) is 4.98 Å². The Morgan fingerprint density at radius 2 is 1.64 bits per heavy atom. The highest BCUT2D eigenvalue weighted by Gasteiger charge is 2.25. The zero-order valence-corrected chi connectivity index (χ0v) is 22.1. The van der Waals surface area contributed by atoms with Crippen LogP contribution in [0, 0.1) is 0 Å². The maximum Gasteiger partial charge on any atom is 0.253 e. The minimum Gasteiger partial charge on any atom is -0.493 e. The van der Waals surface area contributed by atoms with Crippen LogP contribution in [0.3, 0.4) is 0 Å². The van der Waals surface area contributed by atoms with E-state index in [1.807, 2.05) is 35.2 Å². The predicted octanol–water partition coefficient (Wildman–Crippen LogP) is 4.27. The number of nitrogens with zero attached hydrogens (tertiary/aromatic N) is 4. The largest absolute Gasteiger partial charge is 0.493 e. The number of piperazine rings is 1. The molecule has 2 aromatic carbocycles. The summed E-state index contributed by atoms with van der Waals surface area (Å²) in [5, 5.41) is 1.08. The minimum absolute atomic E-state index is 0.0909. The molecule has 2 aliphatic heterocycles. The molecule has 0 saturated carbocycles. The molecule has 8 nitrogen and oxygen atoms in total. The summed E-state index contributed by atoms with van der Waals surface area (Å²) in [6.45, 7) is 5.84. The number of benzene rings is 2. The smallest absolute Gasteiger partial charge is 0.253 e. The molecular weight excluding hydrogens is 476 g/mol. The summed E-state index contributed by atoms with van der Waals surface area (Å²) in [6, 6.07) is 9.85. The number of aromatic nitrogens is 1. The third-order valence-corrected chi connectivity index (χ3v) is 8.17. The van der Waals surface area contributed by atoms with Crippen LogP contribution < -0.4 is 19.1 Å². The van der Waals surface area contributed by atoms with Crippen LogP contribution in [0.4, 0.5) is 5.13 Å². The summed E-state index contributed by atoms with van der Waals surface area (Å²) in [4.78, 5) is 24.8. The molecule has 2 saturated heterocycles. The van der Waals surface area contributed by atoms with Crippen LogP contribution in [0.1, 0.15) is 35.2 Å². The normalized spacial score (nSPS) is 16.9. The Morgan fingerprint density at radius 1 is 0.889 bits per heavy atom. The average molecular weight is 511 g/mol. The van der Waals surface area contributed by atoms with Gasteiger partial charge in [0.15, 0.2) is 16.6 Å². The Morgan fingerprint density at radius 3 is 2.33 bits per heavy atom. The van der Waals surface area contributed by atoms with Gasteiger partial charge in [0.1, 0.15) is 0 Å². The fraction of sp³-hybridized carbons (Fsp3) is 0.481. The quantitative estimate of drug-likeness (QED) is 0.470. The van der Waals surface area contributed by atoms with Crippen molar-refractivity contribution in [1.82, 2.24) is 14.8 Å². The zero-order chi connectivity index (χ0) is 25.1. The number of thiazole rings is 1. The topological polar surface area (TPSA) is 67.4 Å². The van der Waals surface area contributed by atoms with Gasteiger partial charge in [0.2, 0.25) is 5.75 Å². The van der Waals surface area contributed by atoms with Gasteiger partial charge in [-0.15, -0.1) is 0 Å². The van der Waals surface area contributed by atoms with Crippen molar-refractivity contribution < 1.29 is 19.0 Å². The number of ether oxygens (including phenoxy) is 3. The van der Waals surface area contributed by atoms with Crippen LogP contribution in [0.25, 0.3) is 10.2 Å². The number of hydrogen-bond acceptors (Lipinski definition) is 8. The first kappa shape index (κ1) is 24.6. The van der Waals surface area contributed by atoms with E-state index in [1.165, 1.54) is 19.3 Å². The van der Waals surface area contributed by atoms with Crippen molar-refractivity contribution in [1.29, 1.82) is 0 Å². The van der Waals surface area contributed by atoms with Crippen molar-refractivity contribution in [3.05, 3.63) is 41.5 Å². The molecule has 2 aliphatic rings. The molecule has 9 heteroatoms. The first-order valence-electron chi connectivity index (χ1n) is 12.6. The number of rotatable bonds is 7. The third kappa shape index (κ3) is 4.95. The van der Waals surface area contributed by atoms with E-state index in [1.54, 1.807) is 32.7 Å². The maximum absolute atomic E-state index is 13.3. The Bertz CT molecular complexity index is 1220. The molecule has 0 N–H and O–H groups in total. The van der Waals surface area contributed by atoms with Gasteiger partial charge < -0.3 is 24.0 Å². The van der Waals surface area contributed by atoms with Gasteiger partial charge in [0.05, 0.1) is 31.5 Å². The average Bonchev–Trinajstić information content (AvgIpc) is 3.37. The van der Waals surface area contributed by atoms with E-state index in [-0.39, 0.29) is 5.91 Å². The first-order valence-corrected chi connectivity index (χ1v) is 13.4. The summed E-state index contributed by atoms with van der Waals surface area (Å²) in [7, 11) is 4.88. The number of fused-ring (bicyclic) bond motifs is 1. The van der Waals surface area contributed by atoms with Crippen LogP contribution in [0.5, 0.6) is 17.2 Å². The lowest BCUT2D eigenvalue weighted by molar-refractivity contribution is 0.0627. The Kier molecular flexibility index (Phi) is 7.48. The standard InChI is InChI=1S/C27H34N4O4S/c1-33-22-10-8-20(24(34-2)25(22)35-3)18-29-13-15-30(16-14-29)26(32)19-7-9-21-23(17-19)36-27(28-21)31-11-5-4-6-12-31/h7-10,17H,4-6,11-16,18H2,1-3H3. The van der Waals surface area contributed by atoms with E-state index in [2.05, 4.69) is 9.80 Å². The van der Waals surface area contributed by atoms with E-state index >= 15 is 0 Å². The second kappa shape index (κ2) is 10.9. The number of carbonyl (C=O) groups excluding carboxylic acids is 1. The molecule has 3 aromatic rings. The Hall–Kier alpha value is -3.04. The monoisotopic (exact) mass is 510 g/mol. The van der Waals surface area contributed by atoms with Gasteiger partial charge in [0.25, 0.3) is 5.91 Å². The van der Waals surface area contributed by atoms with Crippen molar-refractivity contribution in [3.63, 3.8) is 0 Å². The summed E-state index contributed by atoms with van der Waals surface area (Å²) in [5.74, 6) is 2.04. The lowest BCUT2D eigenvalue weighted by atomic mass is 10.1.